The monoisotopic (exact) mass is 424 g/mol. The third-order valence-electron chi connectivity index (χ3n) is 5.32. The van der Waals surface area contributed by atoms with Crippen molar-refractivity contribution >= 4 is 0 Å². The SMILES string of the molecule is [Li+].c1ccc(COC[C@H]2O[CH-]C[C@@H](OCc3ccccc3)[C@@H]2OCc2ccccc2)cc1. The topological polar surface area (TPSA) is 36.9 Å². The van der Waals surface area contributed by atoms with Gasteiger partial charge >= 0.3 is 18.9 Å². The molecule has 0 spiro atoms. The predicted octanol–water partition coefficient (Wildman–Crippen LogP) is 2.33. The van der Waals surface area contributed by atoms with Crippen LogP contribution in [0.2, 0.25) is 0 Å². The van der Waals surface area contributed by atoms with Crippen LogP contribution >= 0.6 is 0 Å². The summed E-state index contributed by atoms with van der Waals surface area (Å²) >= 11 is 0. The van der Waals surface area contributed by atoms with E-state index in [1.165, 1.54) is 0 Å². The second-order valence-electron chi connectivity index (χ2n) is 7.67. The fourth-order valence-electron chi connectivity index (χ4n) is 3.65. The van der Waals surface area contributed by atoms with Crippen molar-refractivity contribution in [2.24, 2.45) is 0 Å². The van der Waals surface area contributed by atoms with Crippen molar-refractivity contribution in [2.45, 2.75) is 44.6 Å². The summed E-state index contributed by atoms with van der Waals surface area (Å²) in [5.74, 6) is 0. The first kappa shape index (κ1) is 24.7. The first-order valence-electron chi connectivity index (χ1n) is 10.8. The van der Waals surface area contributed by atoms with Gasteiger partial charge in [0.2, 0.25) is 0 Å². The van der Waals surface area contributed by atoms with Crippen molar-refractivity contribution in [2.75, 3.05) is 6.61 Å². The quantitative estimate of drug-likeness (QED) is 0.370. The van der Waals surface area contributed by atoms with Crippen LogP contribution in [0.5, 0.6) is 0 Å². The summed E-state index contributed by atoms with van der Waals surface area (Å²) in [5.41, 5.74) is 3.41. The first-order valence-corrected chi connectivity index (χ1v) is 10.8. The van der Waals surface area contributed by atoms with E-state index < -0.39 is 0 Å². The van der Waals surface area contributed by atoms with E-state index in [1.807, 2.05) is 61.2 Å². The number of ether oxygens (including phenoxy) is 4. The summed E-state index contributed by atoms with van der Waals surface area (Å²) in [5, 5.41) is 0. The van der Waals surface area contributed by atoms with Gasteiger partial charge in [0.05, 0.1) is 38.6 Å². The van der Waals surface area contributed by atoms with E-state index in [0.29, 0.717) is 32.8 Å². The van der Waals surface area contributed by atoms with Gasteiger partial charge in [0.15, 0.2) is 0 Å². The minimum Gasteiger partial charge on any atom is -0.546 e. The maximum absolute atomic E-state index is 6.34. The number of benzene rings is 3. The van der Waals surface area contributed by atoms with Crippen LogP contribution in [0.4, 0.5) is 0 Å². The molecule has 0 aliphatic carbocycles. The van der Waals surface area contributed by atoms with E-state index in [0.717, 1.165) is 16.7 Å². The molecule has 0 saturated carbocycles. The van der Waals surface area contributed by atoms with E-state index in [2.05, 4.69) is 36.4 Å². The summed E-state index contributed by atoms with van der Waals surface area (Å²) in [6, 6.07) is 30.5. The summed E-state index contributed by atoms with van der Waals surface area (Å²) < 4.78 is 24.5. The Morgan fingerprint density at radius 2 is 1.19 bits per heavy atom. The van der Waals surface area contributed by atoms with Gasteiger partial charge in [-0.3, -0.25) is 0 Å². The third-order valence-corrected chi connectivity index (χ3v) is 5.32. The molecule has 0 N–H and O–H groups in total. The standard InChI is InChI=1S/C27H29O4.Li/c1-4-10-22(11-5-1)18-28-21-26-27(31-20-24-14-8-3-9-15-24)25(16-17-29-26)30-19-23-12-6-2-7-13-23;/h1-15,17,25-27H,16,18-21H2;/q-1;+1/t25-,26-,27+;/m1./s1. The Kier molecular flexibility index (Phi) is 10.5. The Morgan fingerprint density at radius 3 is 1.75 bits per heavy atom. The zero-order valence-corrected chi connectivity index (χ0v) is 18.6. The number of rotatable bonds is 10. The zero-order chi connectivity index (χ0) is 21.1. The molecular formula is C27H29LiO4. The Morgan fingerprint density at radius 1 is 0.688 bits per heavy atom. The molecule has 3 aromatic rings. The maximum atomic E-state index is 6.34. The normalized spacial score (nSPS) is 20.4. The fourth-order valence-corrected chi connectivity index (χ4v) is 3.65. The van der Waals surface area contributed by atoms with Gasteiger partial charge in [-0.05, 0) is 16.7 Å². The van der Waals surface area contributed by atoms with Gasteiger partial charge in [0.25, 0.3) is 0 Å². The second-order valence-corrected chi connectivity index (χ2v) is 7.67. The largest absolute Gasteiger partial charge is 1.00 e. The predicted molar refractivity (Wildman–Crippen MR) is 120 cm³/mol. The van der Waals surface area contributed by atoms with E-state index in [-0.39, 0.29) is 37.2 Å². The molecule has 5 heteroatoms. The van der Waals surface area contributed by atoms with Crippen LogP contribution in [0.1, 0.15) is 23.1 Å². The Bertz CT molecular complexity index is 876. The molecule has 3 aromatic carbocycles. The van der Waals surface area contributed by atoms with Crippen LogP contribution in [-0.4, -0.2) is 24.9 Å². The van der Waals surface area contributed by atoms with Crippen molar-refractivity contribution in [1.29, 1.82) is 0 Å². The Balaban J connectivity index is 0.00000289. The smallest absolute Gasteiger partial charge is 0.546 e. The van der Waals surface area contributed by atoms with Crippen LogP contribution in [0.15, 0.2) is 91.0 Å². The van der Waals surface area contributed by atoms with Gasteiger partial charge in [0, 0.05) is 0 Å². The van der Waals surface area contributed by atoms with E-state index in [4.69, 9.17) is 18.9 Å². The van der Waals surface area contributed by atoms with Gasteiger partial charge < -0.3 is 18.9 Å². The molecular weight excluding hydrogens is 395 g/mol. The molecule has 0 bridgehead atoms. The number of hydrogen-bond donors (Lipinski definition) is 0. The molecule has 1 aliphatic rings. The molecule has 0 aromatic heterocycles. The molecule has 0 unspecified atom stereocenters. The zero-order valence-electron chi connectivity index (χ0n) is 18.6. The van der Waals surface area contributed by atoms with Crippen molar-refractivity contribution in [1.82, 2.24) is 0 Å². The molecule has 1 heterocycles. The van der Waals surface area contributed by atoms with Gasteiger partial charge in [0.1, 0.15) is 6.10 Å². The minimum absolute atomic E-state index is 0. The minimum atomic E-state index is -0.220. The summed E-state index contributed by atoms with van der Waals surface area (Å²) in [4.78, 5) is 0. The van der Waals surface area contributed by atoms with Crippen molar-refractivity contribution < 1.29 is 37.8 Å². The van der Waals surface area contributed by atoms with Gasteiger partial charge in [-0.15, -0.1) is 6.42 Å². The molecule has 0 amide bonds. The van der Waals surface area contributed by atoms with Gasteiger partial charge in [-0.25, -0.2) is 6.61 Å². The number of hydrogen-bond acceptors (Lipinski definition) is 4. The average Bonchev–Trinajstić information content (AvgIpc) is 2.84. The fraction of sp³-hybridized carbons (Fsp3) is 0.296. The molecule has 162 valence electrons. The molecule has 1 aliphatic heterocycles. The van der Waals surface area contributed by atoms with Crippen molar-refractivity contribution in [3.63, 3.8) is 0 Å². The van der Waals surface area contributed by atoms with Crippen LogP contribution in [0, 0.1) is 6.61 Å². The van der Waals surface area contributed by atoms with Gasteiger partial charge in [-0.1, -0.05) is 91.0 Å². The third kappa shape index (κ3) is 7.60. The van der Waals surface area contributed by atoms with Crippen LogP contribution < -0.4 is 18.9 Å². The first-order chi connectivity index (χ1) is 15.4. The molecule has 3 atom stereocenters. The molecule has 1 saturated heterocycles. The molecule has 4 rings (SSSR count). The summed E-state index contributed by atoms with van der Waals surface area (Å²) in [7, 11) is 0. The molecule has 32 heavy (non-hydrogen) atoms. The molecule has 1 fully saturated rings. The maximum Gasteiger partial charge on any atom is 1.00 e. The van der Waals surface area contributed by atoms with E-state index >= 15 is 0 Å². The van der Waals surface area contributed by atoms with Gasteiger partial charge in [-0.2, -0.15) is 0 Å². The average molecular weight is 424 g/mol. The van der Waals surface area contributed by atoms with Crippen molar-refractivity contribution in [3.05, 3.63) is 114 Å². The summed E-state index contributed by atoms with van der Waals surface area (Å²) in [6.07, 6.45) is 0.149. The Hall–Kier alpha value is -1.90. The van der Waals surface area contributed by atoms with E-state index in [1.54, 1.807) is 0 Å². The molecule has 0 radical (unpaired) electrons. The van der Waals surface area contributed by atoms with Crippen molar-refractivity contribution in [3.8, 4) is 0 Å². The Labute approximate surface area is 203 Å². The van der Waals surface area contributed by atoms with Crippen LogP contribution in [0.3, 0.4) is 0 Å². The van der Waals surface area contributed by atoms with Crippen LogP contribution in [-0.2, 0) is 38.8 Å². The van der Waals surface area contributed by atoms with Crippen LogP contribution in [0.25, 0.3) is 0 Å². The molecule has 4 nitrogen and oxygen atoms in total. The second kappa shape index (κ2) is 13.6. The van der Waals surface area contributed by atoms with E-state index in [9.17, 15) is 0 Å². The summed E-state index contributed by atoms with van der Waals surface area (Å²) in [6.45, 7) is 3.86.